The molecule has 0 bridgehead atoms. The van der Waals surface area contributed by atoms with E-state index in [1.807, 2.05) is 11.0 Å². The van der Waals surface area contributed by atoms with Crippen LogP contribution in [0.15, 0.2) is 29.2 Å². The maximum Gasteiger partial charge on any atom is 0.263 e. The molecule has 1 aromatic carbocycles. The first-order chi connectivity index (χ1) is 12.6. The fourth-order valence-corrected chi connectivity index (χ4v) is 3.17. The highest BCUT2D eigenvalue weighted by molar-refractivity contribution is 5.73. The van der Waals surface area contributed by atoms with Gasteiger partial charge in [-0.25, -0.2) is 4.39 Å². The van der Waals surface area contributed by atoms with E-state index in [1.54, 1.807) is 6.07 Å². The Hall–Kier alpha value is -2.94. The highest BCUT2D eigenvalue weighted by atomic mass is 19.1. The Balaban J connectivity index is 1.42. The zero-order valence-corrected chi connectivity index (χ0v) is 14.3. The number of rotatable bonds is 4. The van der Waals surface area contributed by atoms with E-state index in [1.165, 1.54) is 19.4 Å². The summed E-state index contributed by atoms with van der Waals surface area (Å²) in [5, 5.41) is 7.04. The molecule has 0 spiro atoms. The number of methoxy groups -OCH3 is 1. The van der Waals surface area contributed by atoms with Crippen molar-refractivity contribution in [1.82, 2.24) is 25.1 Å². The lowest BCUT2D eigenvalue weighted by Crippen LogP contribution is -2.46. The van der Waals surface area contributed by atoms with E-state index in [4.69, 9.17) is 4.74 Å². The molecule has 4 rings (SSSR count). The van der Waals surface area contributed by atoms with Crippen molar-refractivity contribution in [3.8, 4) is 5.75 Å². The minimum Gasteiger partial charge on any atom is -0.494 e. The first kappa shape index (κ1) is 16.5. The van der Waals surface area contributed by atoms with Gasteiger partial charge in [0.25, 0.3) is 5.56 Å². The molecule has 3 aromatic rings. The molecule has 1 fully saturated rings. The largest absolute Gasteiger partial charge is 0.494 e. The molecule has 8 nitrogen and oxygen atoms in total. The molecular formula is C17H19FN6O2. The van der Waals surface area contributed by atoms with Crippen molar-refractivity contribution in [1.29, 1.82) is 0 Å². The third-order valence-corrected chi connectivity index (χ3v) is 4.60. The van der Waals surface area contributed by atoms with Crippen LogP contribution in [0.4, 0.5) is 10.3 Å². The van der Waals surface area contributed by atoms with Crippen molar-refractivity contribution in [2.75, 3.05) is 38.2 Å². The van der Waals surface area contributed by atoms with E-state index >= 15 is 0 Å². The van der Waals surface area contributed by atoms with E-state index in [9.17, 15) is 9.18 Å². The number of aromatic amines is 2. The van der Waals surface area contributed by atoms with Crippen LogP contribution in [0.5, 0.6) is 5.75 Å². The normalized spacial score (nSPS) is 15.5. The topological polar surface area (TPSA) is 90.1 Å². The summed E-state index contributed by atoms with van der Waals surface area (Å²) in [6.07, 6.45) is 1.47. The summed E-state index contributed by atoms with van der Waals surface area (Å²) in [4.78, 5) is 23.6. The Morgan fingerprint density at radius 3 is 2.81 bits per heavy atom. The van der Waals surface area contributed by atoms with Crippen molar-refractivity contribution in [2.24, 2.45) is 0 Å². The lowest BCUT2D eigenvalue weighted by molar-refractivity contribution is 0.248. The fraction of sp³-hybridized carbons (Fsp3) is 0.353. The summed E-state index contributed by atoms with van der Waals surface area (Å²) in [5.74, 6) is 0.447. The number of anilines is 1. The molecule has 2 aromatic heterocycles. The van der Waals surface area contributed by atoms with E-state index in [0.29, 0.717) is 23.5 Å². The van der Waals surface area contributed by atoms with E-state index < -0.39 is 0 Å². The number of benzene rings is 1. The Morgan fingerprint density at radius 2 is 2.08 bits per heavy atom. The number of aromatic nitrogens is 4. The highest BCUT2D eigenvalue weighted by Gasteiger charge is 2.20. The van der Waals surface area contributed by atoms with Gasteiger partial charge in [-0.3, -0.25) is 19.8 Å². The molecule has 0 atom stereocenters. The van der Waals surface area contributed by atoms with Gasteiger partial charge in [0.05, 0.1) is 13.3 Å². The summed E-state index contributed by atoms with van der Waals surface area (Å²) >= 11 is 0. The first-order valence-corrected chi connectivity index (χ1v) is 8.37. The molecule has 0 aliphatic carbocycles. The Morgan fingerprint density at radius 1 is 1.27 bits per heavy atom. The molecule has 0 saturated carbocycles. The van der Waals surface area contributed by atoms with Crippen molar-refractivity contribution >= 4 is 17.0 Å². The van der Waals surface area contributed by atoms with Crippen LogP contribution in [0.3, 0.4) is 0 Å². The third kappa shape index (κ3) is 3.13. The Kier molecular flexibility index (Phi) is 4.29. The second kappa shape index (κ2) is 6.75. The van der Waals surface area contributed by atoms with Gasteiger partial charge in [0, 0.05) is 32.7 Å². The van der Waals surface area contributed by atoms with Gasteiger partial charge in [-0.15, -0.1) is 0 Å². The van der Waals surface area contributed by atoms with Crippen LogP contribution < -0.4 is 15.2 Å². The number of piperazine rings is 1. The molecule has 1 saturated heterocycles. The monoisotopic (exact) mass is 358 g/mol. The van der Waals surface area contributed by atoms with Gasteiger partial charge in [0.1, 0.15) is 5.39 Å². The van der Waals surface area contributed by atoms with E-state index in [2.05, 4.69) is 25.1 Å². The number of hydrogen-bond acceptors (Lipinski definition) is 6. The molecule has 26 heavy (non-hydrogen) atoms. The van der Waals surface area contributed by atoms with Crippen LogP contribution in [-0.4, -0.2) is 58.4 Å². The van der Waals surface area contributed by atoms with Gasteiger partial charge >= 0.3 is 0 Å². The maximum atomic E-state index is 13.8. The molecule has 9 heteroatoms. The number of nitrogens with one attached hydrogen (secondary N) is 2. The number of ether oxygens (including phenoxy) is 1. The van der Waals surface area contributed by atoms with Crippen LogP contribution in [0.2, 0.25) is 0 Å². The predicted molar refractivity (Wildman–Crippen MR) is 95.0 cm³/mol. The summed E-state index contributed by atoms with van der Waals surface area (Å²) in [5.41, 5.74) is 1.19. The summed E-state index contributed by atoms with van der Waals surface area (Å²) in [6, 6.07) is 5.03. The first-order valence-electron chi connectivity index (χ1n) is 8.37. The van der Waals surface area contributed by atoms with Crippen molar-refractivity contribution in [3.63, 3.8) is 0 Å². The second-order valence-electron chi connectivity index (χ2n) is 6.25. The van der Waals surface area contributed by atoms with Gasteiger partial charge in [-0.05, 0) is 17.7 Å². The van der Waals surface area contributed by atoms with Gasteiger partial charge in [-0.2, -0.15) is 10.1 Å². The molecule has 1 aliphatic heterocycles. The third-order valence-electron chi connectivity index (χ3n) is 4.60. The van der Waals surface area contributed by atoms with Gasteiger partial charge in [0.15, 0.2) is 17.2 Å². The summed E-state index contributed by atoms with van der Waals surface area (Å²) < 4.78 is 18.8. The molecule has 0 unspecified atom stereocenters. The molecule has 1 aliphatic rings. The molecule has 0 radical (unpaired) electrons. The molecule has 0 amide bonds. The molecule has 3 heterocycles. The van der Waals surface area contributed by atoms with Crippen LogP contribution in [0.1, 0.15) is 5.56 Å². The maximum absolute atomic E-state index is 13.8. The molecule has 136 valence electrons. The Labute approximate surface area is 148 Å². The SMILES string of the molecule is COc1ccc(CN2CCN(c3nc4[nH]ncc4c(=O)[nH]3)CC2)cc1F. The van der Waals surface area contributed by atoms with Crippen LogP contribution in [-0.2, 0) is 6.54 Å². The molecule has 2 N–H and O–H groups in total. The molecular weight excluding hydrogens is 339 g/mol. The zero-order valence-electron chi connectivity index (χ0n) is 14.3. The van der Waals surface area contributed by atoms with Gasteiger partial charge in [-0.1, -0.05) is 6.07 Å². The average Bonchev–Trinajstić information content (AvgIpc) is 3.12. The quantitative estimate of drug-likeness (QED) is 0.726. The van der Waals surface area contributed by atoms with E-state index in [0.717, 1.165) is 31.7 Å². The lowest BCUT2D eigenvalue weighted by Gasteiger charge is -2.34. The van der Waals surface area contributed by atoms with Gasteiger partial charge in [0.2, 0.25) is 5.95 Å². The standard InChI is InChI=1S/C17H19FN6O2/c1-26-14-3-2-11(8-13(14)18)10-23-4-6-24(7-5-23)17-20-15-12(9-19-22-15)16(25)21-17/h2-3,8-9H,4-7,10H2,1H3,(H2,19,20,21,22,25). The van der Waals surface area contributed by atoms with Crippen molar-refractivity contribution in [3.05, 3.63) is 46.1 Å². The number of fused-ring (bicyclic) bond motifs is 1. The van der Waals surface area contributed by atoms with Crippen LogP contribution in [0, 0.1) is 5.82 Å². The van der Waals surface area contributed by atoms with Gasteiger partial charge < -0.3 is 9.64 Å². The lowest BCUT2D eigenvalue weighted by atomic mass is 10.2. The number of nitrogens with zero attached hydrogens (tertiary/aromatic N) is 4. The average molecular weight is 358 g/mol. The predicted octanol–water partition coefficient (Wildman–Crippen LogP) is 1.12. The summed E-state index contributed by atoms with van der Waals surface area (Å²) in [7, 11) is 1.45. The highest BCUT2D eigenvalue weighted by Crippen LogP contribution is 2.19. The summed E-state index contributed by atoms with van der Waals surface area (Å²) in [6.45, 7) is 3.69. The minimum atomic E-state index is -0.349. The van der Waals surface area contributed by atoms with Crippen LogP contribution in [0.25, 0.3) is 11.0 Å². The number of H-pyrrole nitrogens is 2. The smallest absolute Gasteiger partial charge is 0.263 e. The minimum absolute atomic E-state index is 0.199. The number of halogens is 1. The van der Waals surface area contributed by atoms with Crippen LogP contribution >= 0.6 is 0 Å². The Bertz CT molecular complexity index is 977. The zero-order chi connectivity index (χ0) is 18.1. The van der Waals surface area contributed by atoms with Crippen molar-refractivity contribution < 1.29 is 9.13 Å². The number of hydrogen-bond donors (Lipinski definition) is 2. The van der Waals surface area contributed by atoms with Crippen molar-refractivity contribution in [2.45, 2.75) is 6.54 Å². The second-order valence-corrected chi connectivity index (χ2v) is 6.25. The van der Waals surface area contributed by atoms with E-state index in [-0.39, 0.29) is 17.1 Å². The fourth-order valence-electron chi connectivity index (χ4n) is 3.17.